The van der Waals surface area contributed by atoms with Crippen molar-refractivity contribution in [1.29, 1.82) is 0 Å². The van der Waals surface area contributed by atoms with Crippen molar-refractivity contribution in [3.05, 3.63) is 57.1 Å². The molecule has 10 heteroatoms. The predicted octanol–water partition coefficient (Wildman–Crippen LogP) is 2.69. The molecule has 1 aromatic carbocycles. The Hall–Kier alpha value is -2.07. The highest BCUT2D eigenvalue weighted by Crippen LogP contribution is 2.28. The fourth-order valence-electron chi connectivity index (χ4n) is 1.50. The maximum atomic E-state index is 12.7. The van der Waals surface area contributed by atoms with Crippen LogP contribution in [0.1, 0.15) is 0 Å². The number of aromatic nitrogens is 1. The summed E-state index contributed by atoms with van der Waals surface area (Å²) in [4.78, 5) is 12.9. The summed E-state index contributed by atoms with van der Waals surface area (Å²) < 4.78 is 39.6. The molecule has 110 valence electrons. The Balaban J connectivity index is 2.46. The van der Waals surface area contributed by atoms with Crippen LogP contribution in [0, 0.1) is 16.1 Å². The normalized spacial score (nSPS) is 11.1. The van der Waals surface area contributed by atoms with Gasteiger partial charge in [0.25, 0.3) is 15.7 Å². The smallest absolute Gasteiger partial charge is 0.278 e. The van der Waals surface area contributed by atoms with Gasteiger partial charge >= 0.3 is 0 Å². The largest absolute Gasteiger partial charge is 0.289 e. The Morgan fingerprint density at radius 2 is 2.00 bits per heavy atom. The number of anilines is 1. The monoisotopic (exact) mass is 375 g/mol. The molecular weight excluding hydrogens is 369 g/mol. The maximum Gasteiger partial charge on any atom is 0.289 e. The molecule has 1 N–H and O–H groups in total. The zero-order chi connectivity index (χ0) is 15.6. The Bertz CT molecular complexity index is 796. The zero-order valence-corrected chi connectivity index (χ0v) is 12.6. The van der Waals surface area contributed by atoms with Gasteiger partial charge in [-0.05, 0) is 24.3 Å². The van der Waals surface area contributed by atoms with E-state index < -0.39 is 31.5 Å². The molecule has 0 aliphatic heterocycles. The van der Waals surface area contributed by atoms with E-state index in [0.29, 0.717) is 4.47 Å². The van der Waals surface area contributed by atoms with E-state index in [1.807, 2.05) is 0 Å². The highest BCUT2D eigenvalue weighted by molar-refractivity contribution is 9.10. The molecule has 0 aliphatic carbocycles. The number of nitrogens with one attached hydrogen (secondary N) is 1. The van der Waals surface area contributed by atoms with Gasteiger partial charge in [-0.2, -0.15) is 4.39 Å². The third kappa shape index (κ3) is 3.52. The molecule has 0 fully saturated rings. The summed E-state index contributed by atoms with van der Waals surface area (Å²) in [6.07, 6.45) is 0.969. The first-order valence-corrected chi connectivity index (χ1v) is 7.65. The van der Waals surface area contributed by atoms with E-state index in [2.05, 4.69) is 25.6 Å². The second-order valence-corrected chi connectivity index (χ2v) is 6.41. The van der Waals surface area contributed by atoms with Gasteiger partial charge < -0.3 is 0 Å². The fraction of sp³-hybridized carbons (Fsp3) is 0. The molecule has 2 aromatic rings. The summed E-state index contributed by atoms with van der Waals surface area (Å²) in [6, 6.07) is 5.66. The molecule has 0 radical (unpaired) electrons. The number of hydrogen-bond donors (Lipinski definition) is 1. The molecule has 0 bridgehead atoms. The molecule has 0 amide bonds. The number of sulfonamides is 1. The van der Waals surface area contributed by atoms with Crippen LogP contribution in [0.15, 0.2) is 45.9 Å². The molecule has 0 saturated carbocycles. The Morgan fingerprint density at radius 1 is 1.29 bits per heavy atom. The van der Waals surface area contributed by atoms with Crippen molar-refractivity contribution in [3.8, 4) is 0 Å². The summed E-state index contributed by atoms with van der Waals surface area (Å²) >= 11 is 3.06. The topological polar surface area (TPSA) is 102 Å². The Labute approximate surface area is 127 Å². The van der Waals surface area contributed by atoms with Crippen molar-refractivity contribution in [3.63, 3.8) is 0 Å². The van der Waals surface area contributed by atoms with Crippen LogP contribution < -0.4 is 4.72 Å². The van der Waals surface area contributed by atoms with Gasteiger partial charge in [-0.1, -0.05) is 15.9 Å². The summed E-state index contributed by atoms with van der Waals surface area (Å²) in [5, 5.41) is 10.9. The number of benzene rings is 1. The van der Waals surface area contributed by atoms with Gasteiger partial charge in [0.1, 0.15) is 0 Å². The first-order valence-electron chi connectivity index (χ1n) is 5.38. The average molecular weight is 376 g/mol. The van der Waals surface area contributed by atoms with E-state index in [1.54, 1.807) is 0 Å². The van der Waals surface area contributed by atoms with Crippen molar-refractivity contribution in [2.24, 2.45) is 0 Å². The first-order chi connectivity index (χ1) is 9.79. The quantitative estimate of drug-likeness (QED) is 0.502. The van der Waals surface area contributed by atoms with E-state index in [0.717, 1.165) is 30.5 Å². The number of rotatable bonds is 4. The van der Waals surface area contributed by atoms with Crippen LogP contribution in [0.2, 0.25) is 0 Å². The highest BCUT2D eigenvalue weighted by Gasteiger charge is 2.26. The predicted molar refractivity (Wildman–Crippen MR) is 75.8 cm³/mol. The lowest BCUT2D eigenvalue weighted by Crippen LogP contribution is -2.15. The van der Waals surface area contributed by atoms with Gasteiger partial charge in [0, 0.05) is 10.5 Å². The van der Waals surface area contributed by atoms with Crippen molar-refractivity contribution in [2.45, 2.75) is 4.90 Å². The van der Waals surface area contributed by atoms with Crippen molar-refractivity contribution >= 4 is 37.3 Å². The van der Waals surface area contributed by atoms with E-state index >= 15 is 0 Å². The third-order valence-corrected chi connectivity index (χ3v) is 4.29. The number of hydrogen-bond acceptors (Lipinski definition) is 5. The molecule has 1 heterocycles. The molecule has 0 atom stereocenters. The van der Waals surface area contributed by atoms with E-state index in [4.69, 9.17) is 0 Å². The van der Waals surface area contributed by atoms with Crippen molar-refractivity contribution < 1.29 is 17.7 Å². The third-order valence-electron chi connectivity index (χ3n) is 2.39. The second-order valence-electron chi connectivity index (χ2n) is 3.84. The van der Waals surface area contributed by atoms with Crippen molar-refractivity contribution in [1.82, 2.24) is 4.98 Å². The van der Waals surface area contributed by atoms with E-state index in [9.17, 15) is 22.9 Å². The number of halogens is 2. The van der Waals surface area contributed by atoms with Crippen LogP contribution in [0.5, 0.6) is 0 Å². The summed E-state index contributed by atoms with van der Waals surface area (Å²) in [5.74, 6) is -0.772. The van der Waals surface area contributed by atoms with Crippen LogP contribution in [0.4, 0.5) is 15.8 Å². The Kier molecular flexibility index (Phi) is 4.19. The fourth-order valence-corrected chi connectivity index (χ4v) is 3.25. The average Bonchev–Trinajstić information content (AvgIpc) is 2.41. The number of nitro benzene ring substituents is 1. The van der Waals surface area contributed by atoms with Gasteiger partial charge in [0.05, 0.1) is 16.8 Å². The van der Waals surface area contributed by atoms with Gasteiger partial charge in [-0.15, -0.1) is 0 Å². The van der Waals surface area contributed by atoms with Crippen molar-refractivity contribution in [2.75, 3.05) is 4.72 Å². The van der Waals surface area contributed by atoms with Gasteiger partial charge in [-0.25, -0.2) is 13.4 Å². The van der Waals surface area contributed by atoms with E-state index in [-0.39, 0.29) is 5.69 Å². The summed E-state index contributed by atoms with van der Waals surface area (Å²) in [5.41, 5.74) is -0.577. The van der Waals surface area contributed by atoms with Crippen LogP contribution in [-0.2, 0) is 10.0 Å². The first kappa shape index (κ1) is 15.3. The molecule has 0 spiro atoms. The minimum Gasteiger partial charge on any atom is -0.278 e. The number of nitro groups is 1. The van der Waals surface area contributed by atoms with Gasteiger partial charge in [-0.3, -0.25) is 14.8 Å². The van der Waals surface area contributed by atoms with E-state index in [1.165, 1.54) is 6.07 Å². The standard InChI is InChI=1S/C11H7BrFN3O4S/c12-7-1-3-9(16(17)18)10(5-7)21(19,20)15-8-2-4-11(13)14-6-8/h1-6,15H. The molecular formula is C11H7BrFN3O4S. The molecule has 0 saturated heterocycles. The second kappa shape index (κ2) is 5.74. The summed E-state index contributed by atoms with van der Waals surface area (Å²) in [6.45, 7) is 0. The molecule has 21 heavy (non-hydrogen) atoms. The lowest BCUT2D eigenvalue weighted by Gasteiger charge is -2.08. The van der Waals surface area contributed by atoms with Crippen LogP contribution >= 0.6 is 15.9 Å². The van der Waals surface area contributed by atoms with Crippen LogP contribution in [0.3, 0.4) is 0 Å². The lowest BCUT2D eigenvalue weighted by molar-refractivity contribution is -0.387. The lowest BCUT2D eigenvalue weighted by atomic mass is 10.3. The molecule has 1 aromatic heterocycles. The minimum atomic E-state index is -4.21. The number of nitrogens with zero attached hydrogens (tertiary/aromatic N) is 2. The maximum absolute atomic E-state index is 12.7. The SMILES string of the molecule is O=[N+]([O-])c1ccc(Br)cc1S(=O)(=O)Nc1ccc(F)nc1. The highest BCUT2D eigenvalue weighted by atomic mass is 79.9. The minimum absolute atomic E-state index is 0.00864. The molecule has 7 nitrogen and oxygen atoms in total. The molecule has 0 aliphatic rings. The van der Waals surface area contributed by atoms with Crippen LogP contribution in [0.25, 0.3) is 0 Å². The summed E-state index contributed by atoms with van der Waals surface area (Å²) in [7, 11) is -4.21. The van der Waals surface area contributed by atoms with Gasteiger partial charge in [0.15, 0.2) is 4.90 Å². The van der Waals surface area contributed by atoms with Crippen LogP contribution in [-0.4, -0.2) is 18.3 Å². The number of pyridine rings is 1. The zero-order valence-electron chi connectivity index (χ0n) is 10.2. The molecule has 2 rings (SSSR count). The molecule has 0 unspecified atom stereocenters. The Morgan fingerprint density at radius 3 is 2.57 bits per heavy atom. The van der Waals surface area contributed by atoms with Gasteiger partial charge in [0.2, 0.25) is 5.95 Å².